The fraction of sp³-hybridized carbons (Fsp3) is 0.286. The van der Waals surface area contributed by atoms with Gasteiger partial charge in [-0.25, -0.2) is 8.42 Å². The van der Waals surface area contributed by atoms with Crippen LogP contribution in [0.2, 0.25) is 10.0 Å². The molecule has 0 aromatic heterocycles. The summed E-state index contributed by atoms with van der Waals surface area (Å²) < 4.78 is 28.4. The van der Waals surface area contributed by atoms with E-state index in [2.05, 4.69) is 5.32 Å². The largest absolute Gasteiger partial charge is 0.354 e. The first-order chi connectivity index (χ1) is 19.4. The molecule has 0 aliphatic heterocycles. The van der Waals surface area contributed by atoms with Gasteiger partial charge in [0.05, 0.1) is 15.5 Å². The molecule has 13 heteroatoms. The van der Waals surface area contributed by atoms with E-state index in [1.165, 1.54) is 35.2 Å². The molecule has 0 saturated heterocycles. The van der Waals surface area contributed by atoms with Crippen molar-refractivity contribution >= 4 is 56.4 Å². The monoisotopic (exact) mass is 620 g/mol. The smallest absolute Gasteiger partial charge is 0.269 e. The van der Waals surface area contributed by atoms with Gasteiger partial charge in [-0.2, -0.15) is 0 Å². The molecule has 10 nitrogen and oxygen atoms in total. The molecular formula is C28H30Cl2N4O6S. The number of benzene rings is 3. The number of nitrogens with zero attached hydrogens (tertiary/aromatic N) is 3. The van der Waals surface area contributed by atoms with Crippen molar-refractivity contribution < 1.29 is 22.9 Å². The number of nitro groups is 1. The highest BCUT2D eigenvalue weighted by Gasteiger charge is 2.33. The molecule has 0 saturated carbocycles. The Morgan fingerprint density at radius 1 is 1.02 bits per heavy atom. The summed E-state index contributed by atoms with van der Waals surface area (Å²) in [7, 11) is -4.29. The second-order valence-electron chi connectivity index (χ2n) is 9.18. The SMILES string of the molecule is CCCCNC(=O)C(C)N(Cc1ccc(Cl)cc1Cl)C(=O)CN(c1ccc([N+](=O)[O-])cc1)S(=O)(=O)c1ccccc1. The zero-order valence-corrected chi connectivity index (χ0v) is 24.8. The van der Waals surface area contributed by atoms with E-state index in [1.807, 2.05) is 6.92 Å². The maximum absolute atomic E-state index is 13.9. The van der Waals surface area contributed by atoms with E-state index in [-0.39, 0.29) is 27.8 Å². The first-order valence-electron chi connectivity index (χ1n) is 12.8. The standard InChI is InChI=1S/C28H30Cl2N4O6S/c1-3-4-16-31-28(36)20(2)32(18-21-10-11-22(29)17-26(21)30)27(35)19-33(23-12-14-24(15-13-23)34(37)38)41(39,40)25-8-6-5-7-9-25/h5-15,17,20H,3-4,16,18-19H2,1-2H3,(H,31,36). The third-order valence-corrected chi connectivity index (χ3v) is 8.69. The Labute approximate surface area is 249 Å². The lowest BCUT2D eigenvalue weighted by atomic mass is 10.1. The van der Waals surface area contributed by atoms with Crippen LogP contribution in [0, 0.1) is 10.1 Å². The summed E-state index contributed by atoms with van der Waals surface area (Å²) in [4.78, 5) is 38.6. The number of nitro benzene ring substituents is 1. The lowest BCUT2D eigenvalue weighted by Gasteiger charge is -2.32. The van der Waals surface area contributed by atoms with Gasteiger partial charge in [0.15, 0.2) is 0 Å². The Morgan fingerprint density at radius 2 is 1.68 bits per heavy atom. The van der Waals surface area contributed by atoms with Crippen LogP contribution in [0.5, 0.6) is 0 Å². The summed E-state index contributed by atoms with van der Waals surface area (Å²) in [6.07, 6.45) is 1.61. The number of hydrogen-bond acceptors (Lipinski definition) is 6. The lowest BCUT2D eigenvalue weighted by molar-refractivity contribution is -0.384. The summed E-state index contributed by atoms with van der Waals surface area (Å²) in [6.45, 7) is 3.16. The number of halogens is 2. The average molecular weight is 622 g/mol. The number of sulfonamides is 1. The van der Waals surface area contributed by atoms with Crippen LogP contribution >= 0.6 is 23.2 Å². The van der Waals surface area contributed by atoms with E-state index < -0.39 is 39.3 Å². The first-order valence-corrected chi connectivity index (χ1v) is 15.0. The lowest BCUT2D eigenvalue weighted by Crippen LogP contribution is -2.51. The summed E-state index contributed by atoms with van der Waals surface area (Å²) in [6, 6.07) is 16.1. The van der Waals surface area contributed by atoms with Crippen LogP contribution in [-0.4, -0.2) is 49.2 Å². The number of unbranched alkanes of at least 4 members (excludes halogenated alkanes) is 1. The minimum absolute atomic E-state index is 0.0392. The molecule has 3 rings (SSSR count). The van der Waals surface area contributed by atoms with Crippen molar-refractivity contribution in [2.45, 2.75) is 44.2 Å². The first kappa shape index (κ1) is 31.9. The van der Waals surface area contributed by atoms with Crippen molar-refractivity contribution in [3.63, 3.8) is 0 Å². The van der Waals surface area contributed by atoms with Crippen LogP contribution in [0.25, 0.3) is 0 Å². The van der Waals surface area contributed by atoms with Crippen LogP contribution in [-0.2, 0) is 26.2 Å². The minimum Gasteiger partial charge on any atom is -0.354 e. The number of nitrogens with one attached hydrogen (secondary N) is 1. The second kappa shape index (κ2) is 14.3. The van der Waals surface area contributed by atoms with Crippen molar-refractivity contribution in [3.8, 4) is 0 Å². The van der Waals surface area contributed by atoms with E-state index in [1.54, 1.807) is 37.3 Å². The molecule has 1 unspecified atom stereocenters. The minimum atomic E-state index is -4.29. The number of carbonyl (C=O) groups is 2. The molecule has 1 atom stereocenters. The normalized spacial score (nSPS) is 11.9. The number of rotatable bonds is 13. The van der Waals surface area contributed by atoms with Gasteiger partial charge in [0, 0.05) is 35.3 Å². The van der Waals surface area contributed by atoms with E-state index in [9.17, 15) is 28.1 Å². The van der Waals surface area contributed by atoms with Gasteiger partial charge in [-0.3, -0.25) is 24.0 Å². The number of non-ortho nitro benzene ring substituents is 1. The molecule has 0 fully saturated rings. The topological polar surface area (TPSA) is 130 Å². The predicted molar refractivity (Wildman–Crippen MR) is 158 cm³/mol. The van der Waals surface area contributed by atoms with Crippen LogP contribution in [0.3, 0.4) is 0 Å². The highest BCUT2D eigenvalue weighted by atomic mass is 35.5. The molecule has 0 bridgehead atoms. The van der Waals surface area contributed by atoms with E-state index in [4.69, 9.17) is 23.2 Å². The average Bonchev–Trinajstić information content (AvgIpc) is 2.95. The fourth-order valence-corrected chi connectivity index (χ4v) is 5.84. The molecule has 0 aliphatic rings. The number of carbonyl (C=O) groups excluding carboxylic acids is 2. The molecule has 0 aliphatic carbocycles. The maximum atomic E-state index is 13.9. The molecule has 2 amide bonds. The van der Waals surface area contributed by atoms with Gasteiger partial charge in [-0.1, -0.05) is 60.8 Å². The van der Waals surface area contributed by atoms with E-state index in [0.717, 1.165) is 29.3 Å². The highest BCUT2D eigenvalue weighted by Crippen LogP contribution is 2.27. The van der Waals surface area contributed by atoms with Crippen molar-refractivity contribution in [1.29, 1.82) is 0 Å². The molecule has 0 radical (unpaired) electrons. The molecule has 0 heterocycles. The Bertz CT molecular complexity index is 1490. The molecule has 41 heavy (non-hydrogen) atoms. The van der Waals surface area contributed by atoms with Gasteiger partial charge in [0.25, 0.3) is 15.7 Å². The summed E-state index contributed by atoms with van der Waals surface area (Å²) in [5, 5.41) is 14.6. The molecule has 1 N–H and O–H groups in total. The predicted octanol–water partition coefficient (Wildman–Crippen LogP) is 5.43. The Balaban J connectivity index is 2.03. The van der Waals surface area contributed by atoms with Gasteiger partial charge < -0.3 is 10.2 Å². The zero-order valence-electron chi connectivity index (χ0n) is 22.5. The second-order valence-corrected chi connectivity index (χ2v) is 11.9. The number of anilines is 1. The Morgan fingerprint density at radius 3 is 2.27 bits per heavy atom. The van der Waals surface area contributed by atoms with Gasteiger partial charge in [0.2, 0.25) is 11.8 Å². The van der Waals surface area contributed by atoms with Gasteiger partial charge >= 0.3 is 0 Å². The van der Waals surface area contributed by atoms with E-state index in [0.29, 0.717) is 17.1 Å². The van der Waals surface area contributed by atoms with Crippen LogP contribution in [0.15, 0.2) is 77.7 Å². The van der Waals surface area contributed by atoms with Gasteiger partial charge in [0.1, 0.15) is 12.6 Å². The quantitative estimate of drug-likeness (QED) is 0.154. The van der Waals surface area contributed by atoms with E-state index >= 15 is 0 Å². The molecular weight excluding hydrogens is 591 g/mol. The Kier molecular flexibility index (Phi) is 11.1. The maximum Gasteiger partial charge on any atom is 0.269 e. The molecule has 218 valence electrons. The summed E-state index contributed by atoms with van der Waals surface area (Å²) in [5.41, 5.74) is 0.302. The number of hydrogen-bond donors (Lipinski definition) is 1. The third kappa shape index (κ3) is 8.18. The molecule has 3 aromatic rings. The molecule has 3 aromatic carbocycles. The third-order valence-electron chi connectivity index (χ3n) is 6.31. The summed E-state index contributed by atoms with van der Waals surface area (Å²) >= 11 is 12.4. The highest BCUT2D eigenvalue weighted by molar-refractivity contribution is 7.92. The van der Waals surface area contributed by atoms with Crippen molar-refractivity contribution in [3.05, 3.63) is 98.5 Å². The van der Waals surface area contributed by atoms with Crippen molar-refractivity contribution in [1.82, 2.24) is 10.2 Å². The number of amides is 2. The van der Waals surface area contributed by atoms with Crippen LogP contribution in [0.1, 0.15) is 32.3 Å². The summed E-state index contributed by atoms with van der Waals surface area (Å²) in [5.74, 6) is -1.10. The van der Waals surface area contributed by atoms with Crippen molar-refractivity contribution in [2.75, 3.05) is 17.4 Å². The zero-order chi connectivity index (χ0) is 30.2. The van der Waals surface area contributed by atoms with Gasteiger partial charge in [-0.15, -0.1) is 0 Å². The molecule has 0 spiro atoms. The Hall–Kier alpha value is -3.67. The fourth-order valence-electron chi connectivity index (χ4n) is 3.94. The van der Waals surface area contributed by atoms with Crippen molar-refractivity contribution in [2.24, 2.45) is 0 Å². The van der Waals surface area contributed by atoms with Crippen LogP contribution < -0.4 is 9.62 Å². The van der Waals surface area contributed by atoms with Crippen LogP contribution in [0.4, 0.5) is 11.4 Å². The van der Waals surface area contributed by atoms with Gasteiger partial charge in [-0.05, 0) is 55.3 Å².